The first-order valence-corrected chi connectivity index (χ1v) is 7.72. The van der Waals surface area contributed by atoms with Gasteiger partial charge in [0.15, 0.2) is 11.6 Å². The maximum absolute atomic E-state index is 12.8. The second-order valence-electron chi connectivity index (χ2n) is 4.81. The van der Waals surface area contributed by atoms with Crippen molar-refractivity contribution in [1.82, 2.24) is 0 Å². The van der Waals surface area contributed by atoms with Crippen LogP contribution in [0.1, 0.15) is 32.9 Å². The fourth-order valence-corrected chi connectivity index (χ4v) is 2.54. The van der Waals surface area contributed by atoms with E-state index < -0.39 is 18.3 Å². The van der Waals surface area contributed by atoms with Gasteiger partial charge in [-0.25, -0.2) is 0 Å². The van der Waals surface area contributed by atoms with Crippen LogP contribution in [0, 0.1) is 0 Å². The Morgan fingerprint density at radius 3 is 2.21 bits per heavy atom. The molecule has 1 heterocycles. The molecule has 0 aliphatic heterocycles. The molecule has 0 atom stereocenters. The number of carbonyl (C=O) groups is 2. The molecule has 128 valence electrons. The quantitative estimate of drug-likeness (QED) is 0.500. The number of ether oxygens (including phenoxy) is 1. The average Bonchev–Trinajstić information content (AvgIpc) is 3.07. The van der Waals surface area contributed by atoms with Gasteiger partial charge >= 0.3 is 12.5 Å². The Hall–Kier alpha value is -2.22. The number of ketones is 2. The number of hydrogen-bond donors (Lipinski definition) is 0. The summed E-state index contributed by atoms with van der Waals surface area (Å²) in [5, 5.41) is 1.75. The van der Waals surface area contributed by atoms with Gasteiger partial charge in [0.2, 0.25) is 0 Å². The lowest BCUT2D eigenvalue weighted by Gasteiger charge is -2.16. The minimum atomic E-state index is -4.60. The van der Waals surface area contributed by atoms with Crippen molar-refractivity contribution in [3.05, 3.63) is 52.2 Å². The minimum Gasteiger partial charge on any atom is -0.428 e. The third-order valence-electron chi connectivity index (χ3n) is 3.06. The first-order chi connectivity index (χ1) is 11.3. The molecule has 24 heavy (non-hydrogen) atoms. The average molecular weight is 360 g/mol. The summed E-state index contributed by atoms with van der Waals surface area (Å²) in [5.41, 5.74) is 0.182. The van der Waals surface area contributed by atoms with E-state index in [1.54, 1.807) is 17.5 Å². The molecule has 0 fully saturated rings. The molecular formula is C16H12F4O3S. The zero-order valence-electron chi connectivity index (χ0n) is 12.2. The van der Waals surface area contributed by atoms with Crippen LogP contribution in [0.15, 0.2) is 41.8 Å². The lowest BCUT2D eigenvalue weighted by molar-refractivity contribution is -0.253. The predicted octanol–water partition coefficient (Wildman–Crippen LogP) is 4.83. The second-order valence-corrected chi connectivity index (χ2v) is 5.76. The predicted molar refractivity (Wildman–Crippen MR) is 80.2 cm³/mol. The molecule has 0 amide bonds. The zero-order chi connectivity index (χ0) is 17.7. The molecule has 0 aliphatic rings. The van der Waals surface area contributed by atoms with E-state index in [4.69, 9.17) is 0 Å². The summed E-state index contributed by atoms with van der Waals surface area (Å²) in [5.74, 6) is -0.992. The Bertz CT molecular complexity index is 697. The summed E-state index contributed by atoms with van der Waals surface area (Å²) in [6.45, 7) is 0. The van der Waals surface area contributed by atoms with Crippen molar-refractivity contribution in [2.24, 2.45) is 0 Å². The van der Waals surface area contributed by atoms with E-state index in [0.717, 1.165) is 12.1 Å². The number of rotatable bonds is 8. The fourth-order valence-electron chi connectivity index (χ4n) is 1.84. The summed E-state index contributed by atoms with van der Waals surface area (Å²) in [4.78, 5) is 24.3. The lowest BCUT2D eigenvalue weighted by Crippen LogP contribution is -2.33. The van der Waals surface area contributed by atoms with E-state index in [9.17, 15) is 27.2 Å². The first kappa shape index (κ1) is 18.1. The van der Waals surface area contributed by atoms with Crippen molar-refractivity contribution in [3.63, 3.8) is 0 Å². The van der Waals surface area contributed by atoms with E-state index in [0.29, 0.717) is 4.88 Å². The van der Waals surface area contributed by atoms with Gasteiger partial charge < -0.3 is 4.74 Å². The molecule has 0 unspecified atom stereocenters. The number of carbonyl (C=O) groups excluding carboxylic acids is 2. The van der Waals surface area contributed by atoms with Crippen molar-refractivity contribution < 1.29 is 31.9 Å². The standard InChI is InChI=1S/C16H12F4O3S/c17-15(18)16(19,20)23-11-5-3-10(4-6-11)12(21)7-8-13(22)14-2-1-9-24-14/h1-6,9,15H,7-8H2. The van der Waals surface area contributed by atoms with Gasteiger partial charge in [-0.1, -0.05) is 6.07 Å². The third kappa shape index (κ3) is 4.64. The van der Waals surface area contributed by atoms with Crippen molar-refractivity contribution in [2.45, 2.75) is 25.4 Å². The van der Waals surface area contributed by atoms with Crippen LogP contribution in [-0.2, 0) is 0 Å². The van der Waals surface area contributed by atoms with E-state index in [2.05, 4.69) is 4.74 Å². The van der Waals surface area contributed by atoms with Gasteiger partial charge in [0.25, 0.3) is 0 Å². The van der Waals surface area contributed by atoms with Gasteiger partial charge in [0, 0.05) is 18.4 Å². The Balaban J connectivity index is 1.93. The molecule has 0 spiro atoms. The summed E-state index contributed by atoms with van der Waals surface area (Å²) in [6.07, 6.45) is -8.56. The number of Topliss-reactive ketones (excluding diaryl/α,β-unsaturated/α-hetero) is 2. The maximum Gasteiger partial charge on any atom is 0.461 e. The number of halogens is 4. The highest BCUT2D eigenvalue weighted by atomic mass is 32.1. The van der Waals surface area contributed by atoms with E-state index in [1.807, 2.05) is 0 Å². The molecule has 2 rings (SSSR count). The monoisotopic (exact) mass is 360 g/mol. The highest BCUT2D eigenvalue weighted by Gasteiger charge is 2.43. The van der Waals surface area contributed by atoms with Crippen LogP contribution in [0.25, 0.3) is 0 Å². The first-order valence-electron chi connectivity index (χ1n) is 6.84. The zero-order valence-corrected chi connectivity index (χ0v) is 13.0. The van der Waals surface area contributed by atoms with E-state index in [-0.39, 0.29) is 30.0 Å². The summed E-state index contributed by atoms with van der Waals surface area (Å²) in [7, 11) is 0. The second kappa shape index (κ2) is 7.57. The smallest absolute Gasteiger partial charge is 0.428 e. The van der Waals surface area contributed by atoms with Crippen LogP contribution in [0.5, 0.6) is 5.75 Å². The Labute approximate surface area is 138 Å². The molecule has 3 nitrogen and oxygen atoms in total. The molecule has 0 radical (unpaired) electrons. The van der Waals surface area contributed by atoms with Crippen molar-refractivity contribution in [1.29, 1.82) is 0 Å². The van der Waals surface area contributed by atoms with Crippen LogP contribution in [0.2, 0.25) is 0 Å². The fraction of sp³-hybridized carbons (Fsp3) is 0.250. The largest absolute Gasteiger partial charge is 0.461 e. The van der Waals surface area contributed by atoms with Crippen LogP contribution >= 0.6 is 11.3 Å². The Morgan fingerprint density at radius 1 is 1.04 bits per heavy atom. The molecule has 1 aromatic carbocycles. The van der Waals surface area contributed by atoms with Crippen LogP contribution in [0.3, 0.4) is 0 Å². The van der Waals surface area contributed by atoms with Gasteiger partial charge in [-0.3, -0.25) is 9.59 Å². The highest BCUT2D eigenvalue weighted by molar-refractivity contribution is 7.12. The number of hydrogen-bond acceptors (Lipinski definition) is 4. The van der Waals surface area contributed by atoms with Crippen LogP contribution < -0.4 is 4.74 Å². The van der Waals surface area contributed by atoms with E-state index in [1.165, 1.54) is 23.5 Å². The third-order valence-corrected chi connectivity index (χ3v) is 3.97. The molecule has 8 heteroatoms. The summed E-state index contributed by atoms with van der Waals surface area (Å²) in [6, 6.07) is 7.78. The van der Waals surface area contributed by atoms with Crippen molar-refractivity contribution >= 4 is 22.9 Å². The summed E-state index contributed by atoms with van der Waals surface area (Å²) >= 11 is 1.28. The van der Waals surface area contributed by atoms with Gasteiger partial charge in [0.05, 0.1) is 4.88 Å². The normalized spacial score (nSPS) is 11.5. The van der Waals surface area contributed by atoms with Crippen LogP contribution in [0.4, 0.5) is 17.6 Å². The SMILES string of the molecule is O=C(CCC(=O)c1cccs1)c1ccc(OC(F)(F)C(F)F)cc1. The molecule has 0 aliphatic carbocycles. The Kier molecular flexibility index (Phi) is 5.71. The molecule has 0 N–H and O–H groups in total. The maximum atomic E-state index is 12.8. The van der Waals surface area contributed by atoms with E-state index >= 15 is 0 Å². The Morgan fingerprint density at radius 2 is 1.67 bits per heavy atom. The lowest BCUT2D eigenvalue weighted by atomic mass is 10.0. The molecule has 2 aromatic rings. The van der Waals surface area contributed by atoms with Gasteiger partial charge in [-0.05, 0) is 35.7 Å². The molecular weight excluding hydrogens is 348 g/mol. The summed E-state index contributed by atoms with van der Waals surface area (Å²) < 4.78 is 53.5. The topological polar surface area (TPSA) is 43.4 Å². The van der Waals surface area contributed by atoms with Gasteiger partial charge in [-0.15, -0.1) is 11.3 Å². The molecule has 1 aromatic heterocycles. The minimum absolute atomic E-state index is 0.0288. The van der Waals surface area contributed by atoms with Gasteiger partial charge in [0.1, 0.15) is 5.75 Å². The van der Waals surface area contributed by atoms with Crippen molar-refractivity contribution in [3.8, 4) is 5.75 Å². The number of alkyl halides is 4. The van der Waals surface area contributed by atoms with Crippen LogP contribution in [-0.4, -0.2) is 24.1 Å². The van der Waals surface area contributed by atoms with Crippen molar-refractivity contribution in [2.75, 3.05) is 0 Å². The number of thiophene rings is 1. The molecule has 0 saturated carbocycles. The van der Waals surface area contributed by atoms with Gasteiger partial charge in [-0.2, -0.15) is 17.6 Å². The molecule has 0 bridgehead atoms. The highest BCUT2D eigenvalue weighted by Crippen LogP contribution is 2.27. The number of benzene rings is 1. The molecule has 0 saturated heterocycles.